The van der Waals surface area contributed by atoms with Gasteiger partial charge in [-0.3, -0.25) is 5.43 Å². The fourth-order valence-electron chi connectivity index (χ4n) is 7.60. The molecule has 0 bridgehead atoms. The van der Waals surface area contributed by atoms with Crippen molar-refractivity contribution < 1.29 is 10.2 Å². The van der Waals surface area contributed by atoms with Crippen LogP contribution in [0.2, 0.25) is 5.02 Å². The van der Waals surface area contributed by atoms with Gasteiger partial charge in [0.2, 0.25) is 0 Å². The molecule has 2 fully saturated rings. The second-order valence-corrected chi connectivity index (χ2v) is 12.8. The van der Waals surface area contributed by atoms with Crippen LogP contribution in [0.5, 0.6) is 5.75 Å². The summed E-state index contributed by atoms with van der Waals surface area (Å²) in [5, 5.41) is 30.8. The van der Waals surface area contributed by atoms with Gasteiger partial charge in [0, 0.05) is 22.7 Å². The van der Waals surface area contributed by atoms with Crippen LogP contribution in [-0.4, -0.2) is 27.1 Å². The van der Waals surface area contributed by atoms with Crippen molar-refractivity contribution in [3.63, 3.8) is 0 Å². The third-order valence-electron chi connectivity index (χ3n) is 9.73. The maximum Gasteiger partial charge on any atom is 0.191 e. The summed E-state index contributed by atoms with van der Waals surface area (Å²) in [5.41, 5.74) is 9.15. The number of phenols is 1. The molecule has 0 amide bonds. The monoisotopic (exact) mass is 573 g/mol. The predicted octanol–water partition coefficient (Wildman–Crippen LogP) is 7.20. The molecule has 6 rings (SSSR count). The third-order valence-corrected chi connectivity index (χ3v) is 10.2. The molecule has 0 spiro atoms. The zero-order valence-corrected chi connectivity index (χ0v) is 24.3. The van der Waals surface area contributed by atoms with E-state index in [1.54, 1.807) is 12.1 Å². The summed E-state index contributed by atoms with van der Waals surface area (Å²) >= 11 is 11.5. The standard InChI is InChI=1S/C33H36ClN3O2S/c1-33-16-15-25-26(28(33)13-14-31(33)39)12-7-21-19-30(38)22(17-27(21)25)18-29(20-5-3-2-4-6-20)36-37-32(40)35-24-10-8-23(34)9-11-24/h2-6,8-11,17,19,25-26,28,31,38-39H,7,12-16,18H2,1H3,(H2,35,37,40)/b36-29+/t25-,26+,28-,31-,33-/m0/s1. The average molecular weight is 574 g/mol. The van der Waals surface area contributed by atoms with E-state index in [4.69, 9.17) is 28.9 Å². The highest BCUT2D eigenvalue weighted by Gasteiger charge is 2.54. The fraction of sp³-hybridized carbons (Fsp3) is 0.394. The second-order valence-electron chi connectivity index (χ2n) is 11.9. The minimum Gasteiger partial charge on any atom is -0.508 e. The van der Waals surface area contributed by atoms with E-state index in [9.17, 15) is 10.2 Å². The van der Waals surface area contributed by atoms with Gasteiger partial charge in [0.25, 0.3) is 0 Å². The number of thiocarbonyl (C=S) groups is 1. The number of aromatic hydroxyl groups is 1. The molecule has 0 aliphatic heterocycles. The molecule has 0 aromatic heterocycles. The van der Waals surface area contributed by atoms with Crippen LogP contribution in [0.25, 0.3) is 0 Å². The molecule has 4 N–H and O–H groups in total. The number of aryl methyl sites for hydroxylation is 1. The Morgan fingerprint density at radius 3 is 2.60 bits per heavy atom. The molecular formula is C33H36ClN3O2S. The van der Waals surface area contributed by atoms with Gasteiger partial charge < -0.3 is 15.5 Å². The molecule has 3 aromatic carbocycles. The molecule has 0 saturated heterocycles. The maximum atomic E-state index is 11.1. The van der Waals surface area contributed by atoms with Gasteiger partial charge in [-0.05, 0) is 121 Å². The Labute approximate surface area is 246 Å². The number of nitrogens with one attached hydrogen (secondary N) is 2. The van der Waals surface area contributed by atoms with Crippen LogP contribution in [-0.2, 0) is 12.8 Å². The predicted molar refractivity (Wildman–Crippen MR) is 166 cm³/mol. The van der Waals surface area contributed by atoms with Crippen molar-refractivity contribution in [1.82, 2.24) is 5.43 Å². The number of hydrogen-bond donors (Lipinski definition) is 4. The molecule has 40 heavy (non-hydrogen) atoms. The van der Waals surface area contributed by atoms with Crippen LogP contribution in [0.15, 0.2) is 71.8 Å². The lowest BCUT2D eigenvalue weighted by Gasteiger charge is -2.50. The molecule has 0 heterocycles. The van der Waals surface area contributed by atoms with Crippen molar-refractivity contribution in [2.75, 3.05) is 5.32 Å². The van der Waals surface area contributed by atoms with E-state index in [0.29, 0.717) is 40.1 Å². The zero-order chi connectivity index (χ0) is 27.9. The second kappa shape index (κ2) is 11.2. The van der Waals surface area contributed by atoms with E-state index in [1.807, 2.05) is 48.5 Å². The Morgan fingerprint density at radius 2 is 1.82 bits per heavy atom. The summed E-state index contributed by atoms with van der Waals surface area (Å²) < 4.78 is 0. The van der Waals surface area contributed by atoms with Crippen molar-refractivity contribution in [3.05, 3.63) is 94.0 Å². The molecule has 0 radical (unpaired) electrons. The highest BCUT2D eigenvalue weighted by Crippen LogP contribution is 2.61. The van der Waals surface area contributed by atoms with Crippen LogP contribution in [0, 0.1) is 17.3 Å². The van der Waals surface area contributed by atoms with E-state index in [-0.39, 0.29) is 11.5 Å². The molecule has 208 valence electrons. The van der Waals surface area contributed by atoms with Crippen LogP contribution in [0.4, 0.5) is 5.69 Å². The number of rotatable bonds is 5. The van der Waals surface area contributed by atoms with Gasteiger partial charge in [0.1, 0.15) is 5.75 Å². The first-order chi connectivity index (χ1) is 19.3. The van der Waals surface area contributed by atoms with Crippen LogP contribution < -0.4 is 10.7 Å². The van der Waals surface area contributed by atoms with Crippen molar-refractivity contribution in [2.45, 2.75) is 63.9 Å². The van der Waals surface area contributed by atoms with Crippen molar-refractivity contribution in [1.29, 1.82) is 0 Å². The number of aliphatic hydroxyl groups excluding tert-OH is 1. The molecule has 3 aliphatic rings. The molecule has 5 atom stereocenters. The zero-order valence-electron chi connectivity index (χ0n) is 22.7. The minimum absolute atomic E-state index is 0.0513. The third kappa shape index (κ3) is 5.25. The van der Waals surface area contributed by atoms with Crippen LogP contribution in [0.1, 0.15) is 67.2 Å². The van der Waals surface area contributed by atoms with Gasteiger partial charge in [-0.15, -0.1) is 0 Å². The summed E-state index contributed by atoms with van der Waals surface area (Å²) in [5.74, 6) is 1.98. The lowest BCUT2D eigenvalue weighted by Crippen LogP contribution is -2.43. The van der Waals surface area contributed by atoms with E-state index in [0.717, 1.165) is 61.1 Å². The number of aliphatic hydroxyl groups is 1. The smallest absolute Gasteiger partial charge is 0.191 e. The van der Waals surface area contributed by atoms with E-state index < -0.39 is 0 Å². The lowest BCUT2D eigenvalue weighted by atomic mass is 9.55. The van der Waals surface area contributed by atoms with Gasteiger partial charge in [-0.25, -0.2) is 0 Å². The quantitative estimate of drug-likeness (QED) is 0.148. The van der Waals surface area contributed by atoms with Gasteiger partial charge in [0.15, 0.2) is 5.11 Å². The summed E-state index contributed by atoms with van der Waals surface area (Å²) in [6.45, 7) is 2.31. The lowest BCUT2D eigenvalue weighted by molar-refractivity contribution is -0.0226. The summed E-state index contributed by atoms with van der Waals surface area (Å²) in [6.07, 6.45) is 6.63. The first-order valence-electron chi connectivity index (χ1n) is 14.3. The number of fused-ring (bicyclic) bond motifs is 5. The topological polar surface area (TPSA) is 76.9 Å². The van der Waals surface area contributed by atoms with Gasteiger partial charge >= 0.3 is 0 Å². The number of benzene rings is 3. The van der Waals surface area contributed by atoms with Gasteiger partial charge in [0.05, 0.1) is 11.8 Å². The number of hydrazone groups is 1. The van der Waals surface area contributed by atoms with Crippen molar-refractivity contribution in [2.24, 2.45) is 22.4 Å². The highest BCUT2D eigenvalue weighted by molar-refractivity contribution is 7.80. The summed E-state index contributed by atoms with van der Waals surface area (Å²) in [6, 6.07) is 21.5. The average Bonchev–Trinajstić information content (AvgIpc) is 3.27. The number of anilines is 1. The first kappa shape index (κ1) is 27.3. The minimum atomic E-state index is -0.173. The Morgan fingerprint density at radius 1 is 1.05 bits per heavy atom. The Bertz CT molecular complexity index is 1430. The van der Waals surface area contributed by atoms with E-state index in [2.05, 4.69) is 23.7 Å². The van der Waals surface area contributed by atoms with Crippen LogP contribution in [0.3, 0.4) is 0 Å². The molecule has 0 unspecified atom stereocenters. The first-order valence-corrected chi connectivity index (χ1v) is 15.1. The number of nitrogens with zero attached hydrogens (tertiary/aromatic N) is 1. The summed E-state index contributed by atoms with van der Waals surface area (Å²) in [4.78, 5) is 0. The van der Waals surface area contributed by atoms with E-state index in [1.165, 1.54) is 11.1 Å². The van der Waals surface area contributed by atoms with Crippen molar-refractivity contribution >= 4 is 40.3 Å². The Kier molecular flexibility index (Phi) is 7.60. The SMILES string of the molecule is C[C@]12CC[C@@H]3c4cc(C/C(=N\NC(=S)Nc5ccc(Cl)cc5)c5ccccc5)c(O)cc4CC[C@H]3[C@@H]1CC[C@@H]2O. The van der Waals surface area contributed by atoms with E-state index >= 15 is 0 Å². The number of phenolic OH excluding ortho intramolecular Hbond substituents is 1. The molecule has 5 nitrogen and oxygen atoms in total. The normalized spacial score (nSPS) is 27.3. The fourth-order valence-corrected chi connectivity index (χ4v) is 7.89. The number of hydrogen-bond acceptors (Lipinski definition) is 4. The van der Waals surface area contributed by atoms with Gasteiger partial charge in [-0.1, -0.05) is 54.9 Å². The summed E-state index contributed by atoms with van der Waals surface area (Å²) in [7, 11) is 0. The molecule has 2 saturated carbocycles. The van der Waals surface area contributed by atoms with Crippen LogP contribution >= 0.6 is 23.8 Å². The molecular weight excluding hydrogens is 538 g/mol. The highest BCUT2D eigenvalue weighted by atomic mass is 35.5. The molecule has 7 heteroatoms. The number of halogens is 1. The maximum absolute atomic E-state index is 11.1. The Hall–Kier alpha value is -2.93. The Balaban J connectivity index is 1.26. The molecule has 3 aliphatic carbocycles. The molecule has 3 aromatic rings. The van der Waals surface area contributed by atoms with Gasteiger partial charge in [-0.2, -0.15) is 5.10 Å². The largest absolute Gasteiger partial charge is 0.508 e. The van der Waals surface area contributed by atoms with Crippen molar-refractivity contribution in [3.8, 4) is 5.75 Å².